The Labute approximate surface area is 79.8 Å². The Kier molecular flexibility index (Phi) is 1.76. The first kappa shape index (κ1) is 8.05. The Balaban J connectivity index is 1.76. The quantitative estimate of drug-likeness (QED) is 0.611. The molecule has 2 bridgehead atoms. The zero-order valence-corrected chi connectivity index (χ0v) is 8.02. The van der Waals surface area contributed by atoms with Crippen LogP contribution in [-0.4, -0.2) is 11.2 Å². The fourth-order valence-electron chi connectivity index (χ4n) is 3.76. The first-order valence-electron chi connectivity index (χ1n) is 5.72. The van der Waals surface area contributed by atoms with Gasteiger partial charge < -0.3 is 5.11 Å². The molecule has 1 N–H and O–H groups in total. The molecule has 2 fully saturated rings. The summed E-state index contributed by atoms with van der Waals surface area (Å²) in [5.41, 5.74) is 0. The van der Waals surface area contributed by atoms with Gasteiger partial charge in [0.05, 0.1) is 6.10 Å². The highest BCUT2D eigenvalue weighted by Gasteiger charge is 2.46. The van der Waals surface area contributed by atoms with Crippen LogP contribution in [0.1, 0.15) is 32.1 Å². The monoisotopic (exact) mass is 178 g/mol. The Hall–Kier alpha value is -0.300. The van der Waals surface area contributed by atoms with E-state index in [1.165, 1.54) is 32.1 Å². The van der Waals surface area contributed by atoms with Crippen LogP contribution in [0.5, 0.6) is 0 Å². The van der Waals surface area contributed by atoms with Crippen molar-refractivity contribution in [3.05, 3.63) is 12.2 Å². The van der Waals surface area contributed by atoms with E-state index < -0.39 is 0 Å². The molecule has 0 radical (unpaired) electrons. The Morgan fingerprint density at radius 3 is 2.38 bits per heavy atom. The molecule has 1 heteroatoms. The van der Waals surface area contributed by atoms with Crippen LogP contribution in [-0.2, 0) is 0 Å². The van der Waals surface area contributed by atoms with Crippen molar-refractivity contribution in [2.45, 2.75) is 38.2 Å². The molecule has 0 amide bonds. The van der Waals surface area contributed by atoms with Crippen molar-refractivity contribution in [2.24, 2.45) is 23.7 Å². The van der Waals surface area contributed by atoms with Crippen molar-refractivity contribution in [3.8, 4) is 0 Å². The SMILES string of the molecule is OC1C2C=CC1C(C1CCCC1)C2. The predicted molar refractivity (Wildman–Crippen MR) is 52.2 cm³/mol. The van der Waals surface area contributed by atoms with Crippen LogP contribution in [0.4, 0.5) is 0 Å². The summed E-state index contributed by atoms with van der Waals surface area (Å²) in [7, 11) is 0. The summed E-state index contributed by atoms with van der Waals surface area (Å²) < 4.78 is 0. The summed E-state index contributed by atoms with van der Waals surface area (Å²) in [6, 6.07) is 0. The highest BCUT2D eigenvalue weighted by Crippen LogP contribution is 2.50. The number of hydrogen-bond donors (Lipinski definition) is 1. The minimum atomic E-state index is -0.0226. The zero-order valence-electron chi connectivity index (χ0n) is 8.02. The lowest BCUT2D eigenvalue weighted by molar-refractivity contribution is 0.122. The average Bonchev–Trinajstić information content (AvgIpc) is 2.82. The zero-order chi connectivity index (χ0) is 8.84. The third kappa shape index (κ3) is 1.10. The summed E-state index contributed by atoms with van der Waals surface area (Å²) in [5, 5.41) is 9.90. The van der Waals surface area contributed by atoms with Gasteiger partial charge in [0, 0.05) is 11.8 Å². The van der Waals surface area contributed by atoms with E-state index in [9.17, 15) is 5.11 Å². The van der Waals surface area contributed by atoms with Gasteiger partial charge in [0.2, 0.25) is 0 Å². The van der Waals surface area contributed by atoms with Gasteiger partial charge in [-0.1, -0.05) is 37.8 Å². The van der Waals surface area contributed by atoms with Crippen LogP contribution in [0.25, 0.3) is 0 Å². The highest BCUT2D eigenvalue weighted by molar-refractivity contribution is 5.16. The van der Waals surface area contributed by atoms with Gasteiger partial charge in [0.25, 0.3) is 0 Å². The first-order valence-corrected chi connectivity index (χ1v) is 5.72. The Morgan fingerprint density at radius 1 is 1.08 bits per heavy atom. The number of aliphatic hydroxyl groups excluding tert-OH is 1. The molecule has 3 rings (SSSR count). The van der Waals surface area contributed by atoms with E-state index in [0.29, 0.717) is 11.8 Å². The summed E-state index contributed by atoms with van der Waals surface area (Å²) in [5.74, 6) is 2.80. The number of hydrogen-bond acceptors (Lipinski definition) is 1. The molecule has 72 valence electrons. The standard InChI is InChI=1S/C12H18O/c13-12-9-5-6-10(12)11(7-9)8-3-1-2-4-8/h5-6,8-13H,1-4,7H2. The minimum absolute atomic E-state index is 0.0226. The highest BCUT2D eigenvalue weighted by atomic mass is 16.3. The van der Waals surface area contributed by atoms with Gasteiger partial charge in [-0.05, 0) is 18.3 Å². The van der Waals surface area contributed by atoms with Crippen LogP contribution in [0.2, 0.25) is 0 Å². The Bertz CT molecular complexity index is 227. The van der Waals surface area contributed by atoms with E-state index in [4.69, 9.17) is 0 Å². The third-order valence-electron chi connectivity index (χ3n) is 4.46. The number of rotatable bonds is 1. The van der Waals surface area contributed by atoms with Gasteiger partial charge in [-0.25, -0.2) is 0 Å². The molecule has 2 saturated carbocycles. The van der Waals surface area contributed by atoms with Crippen LogP contribution >= 0.6 is 0 Å². The lowest BCUT2D eigenvalue weighted by Gasteiger charge is -2.24. The van der Waals surface area contributed by atoms with Crippen molar-refractivity contribution in [3.63, 3.8) is 0 Å². The van der Waals surface area contributed by atoms with E-state index in [1.807, 2.05) is 0 Å². The van der Waals surface area contributed by atoms with E-state index in [0.717, 1.165) is 11.8 Å². The molecule has 3 aliphatic carbocycles. The van der Waals surface area contributed by atoms with Gasteiger partial charge in [-0.2, -0.15) is 0 Å². The Morgan fingerprint density at radius 2 is 1.85 bits per heavy atom. The molecule has 0 saturated heterocycles. The summed E-state index contributed by atoms with van der Waals surface area (Å²) in [6.45, 7) is 0. The topological polar surface area (TPSA) is 20.2 Å². The molecule has 1 nitrogen and oxygen atoms in total. The fraction of sp³-hybridized carbons (Fsp3) is 0.833. The van der Waals surface area contributed by atoms with Gasteiger partial charge >= 0.3 is 0 Å². The maximum absolute atomic E-state index is 9.90. The molecule has 0 aromatic rings. The normalized spacial score (nSPS) is 49.3. The van der Waals surface area contributed by atoms with Crippen LogP contribution in [0.3, 0.4) is 0 Å². The third-order valence-corrected chi connectivity index (χ3v) is 4.46. The van der Waals surface area contributed by atoms with Gasteiger partial charge in [-0.3, -0.25) is 0 Å². The van der Waals surface area contributed by atoms with E-state index in [-0.39, 0.29) is 6.10 Å². The second-order valence-electron chi connectivity index (χ2n) is 5.06. The molecule has 0 aromatic heterocycles. The van der Waals surface area contributed by atoms with Crippen LogP contribution in [0.15, 0.2) is 12.2 Å². The molecule has 4 atom stereocenters. The van der Waals surface area contributed by atoms with Crippen molar-refractivity contribution >= 4 is 0 Å². The second-order valence-corrected chi connectivity index (χ2v) is 5.06. The molecule has 0 spiro atoms. The van der Waals surface area contributed by atoms with E-state index >= 15 is 0 Å². The average molecular weight is 178 g/mol. The van der Waals surface area contributed by atoms with E-state index in [2.05, 4.69) is 12.2 Å². The molecule has 4 unspecified atom stereocenters. The lowest BCUT2D eigenvalue weighted by atomic mass is 9.81. The molecule has 0 heterocycles. The largest absolute Gasteiger partial charge is 0.392 e. The molecule has 13 heavy (non-hydrogen) atoms. The van der Waals surface area contributed by atoms with Crippen molar-refractivity contribution in [1.29, 1.82) is 0 Å². The fourth-order valence-corrected chi connectivity index (χ4v) is 3.76. The maximum atomic E-state index is 9.90. The second kappa shape index (κ2) is 2.84. The van der Waals surface area contributed by atoms with Crippen LogP contribution < -0.4 is 0 Å². The predicted octanol–water partition coefficient (Wildman–Crippen LogP) is 2.36. The molecule has 3 aliphatic rings. The van der Waals surface area contributed by atoms with Crippen molar-refractivity contribution in [1.82, 2.24) is 0 Å². The smallest absolute Gasteiger partial charge is 0.0668 e. The molecular formula is C12H18O. The van der Waals surface area contributed by atoms with Crippen molar-refractivity contribution in [2.75, 3.05) is 0 Å². The van der Waals surface area contributed by atoms with Crippen LogP contribution in [0, 0.1) is 23.7 Å². The van der Waals surface area contributed by atoms with Crippen molar-refractivity contribution < 1.29 is 5.11 Å². The summed E-state index contributed by atoms with van der Waals surface area (Å²) in [4.78, 5) is 0. The summed E-state index contributed by atoms with van der Waals surface area (Å²) >= 11 is 0. The minimum Gasteiger partial charge on any atom is -0.392 e. The summed E-state index contributed by atoms with van der Waals surface area (Å²) in [6.07, 6.45) is 11.5. The molecule has 0 aromatic carbocycles. The van der Waals surface area contributed by atoms with Gasteiger partial charge in [0.1, 0.15) is 0 Å². The maximum Gasteiger partial charge on any atom is 0.0668 e. The van der Waals surface area contributed by atoms with Gasteiger partial charge in [0.15, 0.2) is 0 Å². The lowest BCUT2D eigenvalue weighted by Crippen LogP contribution is -2.20. The molecular weight excluding hydrogens is 160 g/mol. The van der Waals surface area contributed by atoms with Gasteiger partial charge in [-0.15, -0.1) is 0 Å². The molecule has 0 aliphatic heterocycles. The van der Waals surface area contributed by atoms with E-state index in [1.54, 1.807) is 0 Å². The number of aliphatic hydroxyl groups is 1. The number of fused-ring (bicyclic) bond motifs is 2. The first-order chi connectivity index (χ1) is 6.36.